The first-order valence-corrected chi connectivity index (χ1v) is 10.9. The second-order valence-electron chi connectivity index (χ2n) is 7.10. The zero-order valence-electron chi connectivity index (χ0n) is 16.2. The number of morpholine rings is 1. The van der Waals surface area contributed by atoms with E-state index in [0.29, 0.717) is 24.4 Å². The highest BCUT2D eigenvalue weighted by Crippen LogP contribution is 2.39. The molecular formula is C21H25N3O4S. The third-order valence-electron chi connectivity index (χ3n) is 5.15. The Hall–Kier alpha value is -2.29. The number of nitrogens with zero attached hydrogens (tertiary/aromatic N) is 2. The first-order chi connectivity index (χ1) is 14.2. The summed E-state index contributed by atoms with van der Waals surface area (Å²) in [4.78, 5) is 28.8. The molecule has 1 N–H and O–H groups in total. The van der Waals surface area contributed by atoms with Gasteiger partial charge in [0, 0.05) is 31.7 Å². The standard InChI is InChI=1S/C21H25N3O4S/c25-19-15-29-21(24(19)14-18-2-1-11-28-18)17-5-3-16(4-6-17)20(26)22-7-8-23-9-12-27-13-10-23/h1-6,11,21H,7-10,12-15H2,(H,22,26)/t21-/m0/s1. The Morgan fingerprint density at radius 1 is 1.17 bits per heavy atom. The van der Waals surface area contributed by atoms with Crippen LogP contribution in [0.4, 0.5) is 0 Å². The first-order valence-electron chi connectivity index (χ1n) is 9.82. The molecule has 2 fully saturated rings. The van der Waals surface area contributed by atoms with E-state index in [4.69, 9.17) is 9.15 Å². The van der Waals surface area contributed by atoms with Gasteiger partial charge in [-0.2, -0.15) is 0 Å². The molecule has 8 heteroatoms. The van der Waals surface area contributed by atoms with Crippen LogP contribution >= 0.6 is 11.8 Å². The van der Waals surface area contributed by atoms with Crippen molar-refractivity contribution in [2.24, 2.45) is 0 Å². The fraction of sp³-hybridized carbons (Fsp3) is 0.429. The van der Waals surface area contributed by atoms with Gasteiger partial charge in [0.1, 0.15) is 11.1 Å². The van der Waals surface area contributed by atoms with E-state index in [1.807, 2.05) is 41.3 Å². The van der Waals surface area contributed by atoms with Crippen LogP contribution in [0, 0.1) is 0 Å². The lowest BCUT2D eigenvalue weighted by Gasteiger charge is -2.26. The number of furan rings is 1. The zero-order valence-corrected chi connectivity index (χ0v) is 17.0. The lowest BCUT2D eigenvalue weighted by atomic mass is 10.1. The monoisotopic (exact) mass is 415 g/mol. The van der Waals surface area contributed by atoms with Crippen molar-refractivity contribution < 1.29 is 18.7 Å². The van der Waals surface area contributed by atoms with E-state index in [1.54, 1.807) is 18.0 Å². The quantitative estimate of drug-likeness (QED) is 0.747. The van der Waals surface area contributed by atoms with E-state index in [2.05, 4.69) is 10.2 Å². The van der Waals surface area contributed by atoms with Crippen molar-refractivity contribution in [1.82, 2.24) is 15.1 Å². The molecule has 1 atom stereocenters. The normalized spacial score (nSPS) is 20.2. The van der Waals surface area contributed by atoms with Gasteiger partial charge < -0.3 is 19.4 Å². The fourth-order valence-corrected chi connectivity index (χ4v) is 4.71. The van der Waals surface area contributed by atoms with Crippen molar-refractivity contribution >= 4 is 23.6 Å². The van der Waals surface area contributed by atoms with Crippen LogP contribution in [0.1, 0.15) is 27.1 Å². The van der Waals surface area contributed by atoms with Crippen LogP contribution in [0.3, 0.4) is 0 Å². The highest BCUT2D eigenvalue weighted by molar-refractivity contribution is 8.00. The minimum Gasteiger partial charge on any atom is -0.467 e. The topological polar surface area (TPSA) is 75.0 Å². The Morgan fingerprint density at radius 2 is 1.97 bits per heavy atom. The zero-order chi connectivity index (χ0) is 20.1. The second kappa shape index (κ2) is 9.47. The molecule has 0 unspecified atom stereocenters. The van der Waals surface area contributed by atoms with Gasteiger partial charge in [0.25, 0.3) is 5.91 Å². The molecule has 0 spiro atoms. The molecule has 0 aliphatic carbocycles. The molecule has 0 radical (unpaired) electrons. The number of amides is 2. The molecule has 1 aromatic carbocycles. The number of ether oxygens (including phenoxy) is 1. The summed E-state index contributed by atoms with van der Waals surface area (Å²) >= 11 is 1.60. The molecule has 4 rings (SSSR count). The van der Waals surface area contributed by atoms with Crippen LogP contribution in [0.25, 0.3) is 0 Å². The summed E-state index contributed by atoms with van der Waals surface area (Å²) in [6.07, 6.45) is 1.62. The lowest BCUT2D eigenvalue weighted by molar-refractivity contribution is -0.128. The van der Waals surface area contributed by atoms with E-state index in [9.17, 15) is 9.59 Å². The van der Waals surface area contributed by atoms with Crippen molar-refractivity contribution in [2.75, 3.05) is 45.1 Å². The Balaban J connectivity index is 1.33. The van der Waals surface area contributed by atoms with Gasteiger partial charge in [0.15, 0.2) is 0 Å². The number of carbonyl (C=O) groups excluding carboxylic acids is 2. The SMILES string of the molecule is O=C(NCCN1CCOCC1)c1ccc([C@@H]2SCC(=O)N2Cc2ccco2)cc1. The number of nitrogens with one attached hydrogen (secondary N) is 1. The molecule has 154 valence electrons. The number of hydrogen-bond donors (Lipinski definition) is 1. The van der Waals surface area contributed by atoms with Crippen molar-refractivity contribution in [1.29, 1.82) is 0 Å². The molecular weight excluding hydrogens is 390 g/mol. The van der Waals surface area contributed by atoms with Crippen LogP contribution in [0.2, 0.25) is 0 Å². The van der Waals surface area contributed by atoms with Crippen molar-refractivity contribution in [3.63, 3.8) is 0 Å². The van der Waals surface area contributed by atoms with Crippen molar-refractivity contribution in [3.05, 3.63) is 59.5 Å². The average Bonchev–Trinajstić information content (AvgIpc) is 3.40. The summed E-state index contributed by atoms with van der Waals surface area (Å²) in [5.41, 5.74) is 1.64. The third-order valence-corrected chi connectivity index (χ3v) is 6.41. The third kappa shape index (κ3) is 5.01. The molecule has 2 aliphatic rings. The van der Waals surface area contributed by atoms with Crippen LogP contribution in [-0.4, -0.2) is 66.8 Å². The molecule has 29 heavy (non-hydrogen) atoms. The summed E-state index contributed by atoms with van der Waals surface area (Å²) in [5, 5.41) is 2.91. The maximum Gasteiger partial charge on any atom is 0.251 e. The summed E-state index contributed by atoms with van der Waals surface area (Å²) in [6, 6.07) is 11.2. The van der Waals surface area contributed by atoms with Gasteiger partial charge in [0.2, 0.25) is 5.91 Å². The van der Waals surface area contributed by atoms with E-state index < -0.39 is 0 Å². The second-order valence-corrected chi connectivity index (χ2v) is 8.16. The van der Waals surface area contributed by atoms with Gasteiger partial charge in [-0.3, -0.25) is 14.5 Å². The van der Waals surface area contributed by atoms with Crippen LogP contribution in [0.15, 0.2) is 47.1 Å². The maximum atomic E-state index is 12.4. The molecule has 0 saturated carbocycles. The minimum atomic E-state index is -0.0765. The van der Waals surface area contributed by atoms with Gasteiger partial charge >= 0.3 is 0 Å². The van der Waals surface area contributed by atoms with Gasteiger partial charge in [-0.25, -0.2) is 0 Å². The highest BCUT2D eigenvalue weighted by atomic mass is 32.2. The van der Waals surface area contributed by atoms with Crippen molar-refractivity contribution in [2.45, 2.75) is 11.9 Å². The highest BCUT2D eigenvalue weighted by Gasteiger charge is 2.33. The average molecular weight is 416 g/mol. The molecule has 2 aliphatic heterocycles. The molecule has 2 aromatic rings. The summed E-state index contributed by atoms with van der Waals surface area (Å²) in [6.45, 7) is 5.24. The minimum absolute atomic E-state index is 0.0639. The first kappa shape index (κ1) is 20.0. The van der Waals surface area contributed by atoms with Gasteiger partial charge in [-0.05, 0) is 29.8 Å². The van der Waals surface area contributed by atoms with Crippen molar-refractivity contribution in [3.8, 4) is 0 Å². The van der Waals surface area contributed by atoms with E-state index in [1.165, 1.54) is 0 Å². The fourth-order valence-electron chi connectivity index (χ4n) is 3.53. The lowest BCUT2D eigenvalue weighted by Crippen LogP contribution is -2.41. The maximum absolute atomic E-state index is 12.4. The Kier molecular flexibility index (Phi) is 6.53. The molecule has 1 aromatic heterocycles. The smallest absolute Gasteiger partial charge is 0.251 e. The Morgan fingerprint density at radius 3 is 2.69 bits per heavy atom. The van der Waals surface area contributed by atoms with E-state index in [0.717, 1.165) is 44.2 Å². The van der Waals surface area contributed by atoms with Crippen LogP contribution < -0.4 is 5.32 Å². The number of rotatable bonds is 7. The molecule has 2 saturated heterocycles. The molecule has 7 nitrogen and oxygen atoms in total. The predicted molar refractivity (Wildman–Crippen MR) is 110 cm³/mol. The summed E-state index contributed by atoms with van der Waals surface area (Å²) in [5.74, 6) is 1.24. The van der Waals surface area contributed by atoms with E-state index >= 15 is 0 Å². The van der Waals surface area contributed by atoms with E-state index in [-0.39, 0.29) is 17.2 Å². The number of hydrogen-bond acceptors (Lipinski definition) is 6. The van der Waals surface area contributed by atoms with Gasteiger partial charge in [0.05, 0.1) is 31.8 Å². The predicted octanol–water partition coefficient (Wildman–Crippen LogP) is 2.12. The number of carbonyl (C=O) groups is 2. The number of thioether (sulfide) groups is 1. The number of benzene rings is 1. The van der Waals surface area contributed by atoms with Crippen LogP contribution in [-0.2, 0) is 16.1 Å². The molecule has 2 amide bonds. The largest absolute Gasteiger partial charge is 0.467 e. The Bertz CT molecular complexity index is 819. The van der Waals surface area contributed by atoms with Crippen LogP contribution in [0.5, 0.6) is 0 Å². The molecule has 0 bridgehead atoms. The Labute approximate surface area is 174 Å². The summed E-state index contributed by atoms with van der Waals surface area (Å²) in [7, 11) is 0. The molecule has 3 heterocycles. The summed E-state index contributed by atoms with van der Waals surface area (Å²) < 4.78 is 10.7. The van der Waals surface area contributed by atoms with Gasteiger partial charge in [-0.1, -0.05) is 12.1 Å². The van der Waals surface area contributed by atoms with Gasteiger partial charge in [-0.15, -0.1) is 11.8 Å².